The Kier molecular flexibility index (Phi) is 2.41. The van der Waals surface area contributed by atoms with E-state index in [0.29, 0.717) is 0 Å². The highest BCUT2D eigenvalue weighted by atomic mass is 19.1. The third-order valence-electron chi connectivity index (χ3n) is 1.95. The fraction of sp³-hybridized carbons (Fsp3) is 0.750. The van der Waals surface area contributed by atoms with Gasteiger partial charge in [-0.25, -0.2) is 8.78 Å². The molecule has 0 heterocycles. The van der Waals surface area contributed by atoms with Gasteiger partial charge in [-0.05, 0) is 6.42 Å². The van der Waals surface area contributed by atoms with Crippen molar-refractivity contribution < 1.29 is 8.78 Å². The van der Waals surface area contributed by atoms with Crippen LogP contribution in [0.4, 0.5) is 8.78 Å². The van der Waals surface area contributed by atoms with Crippen molar-refractivity contribution in [2.24, 2.45) is 5.92 Å². The maximum absolute atomic E-state index is 12.8. The maximum Gasteiger partial charge on any atom is 0.121 e. The van der Waals surface area contributed by atoms with Crippen molar-refractivity contribution >= 4 is 0 Å². The van der Waals surface area contributed by atoms with Gasteiger partial charge in [0.1, 0.15) is 12.3 Å². The zero-order valence-electron chi connectivity index (χ0n) is 6.06. The molecule has 1 aliphatic carbocycles. The van der Waals surface area contributed by atoms with Gasteiger partial charge in [-0.1, -0.05) is 19.1 Å². The zero-order chi connectivity index (χ0) is 7.56. The van der Waals surface area contributed by atoms with Crippen LogP contribution in [-0.4, -0.2) is 12.3 Å². The van der Waals surface area contributed by atoms with Crippen LogP contribution in [0.15, 0.2) is 12.2 Å². The minimum absolute atomic E-state index is 0.0491. The lowest BCUT2D eigenvalue weighted by Crippen LogP contribution is -2.21. The lowest BCUT2D eigenvalue weighted by molar-refractivity contribution is 0.186. The number of rotatable bonds is 1. The predicted octanol–water partition coefficient (Wildman–Crippen LogP) is 2.65. The van der Waals surface area contributed by atoms with Crippen LogP contribution in [0, 0.1) is 5.92 Å². The molecular weight excluding hydrogens is 134 g/mol. The Morgan fingerprint density at radius 1 is 1.40 bits per heavy atom. The average molecular weight is 146 g/mol. The summed E-state index contributed by atoms with van der Waals surface area (Å²) in [5.41, 5.74) is 0. The largest absolute Gasteiger partial charge is 0.247 e. The third-order valence-corrected chi connectivity index (χ3v) is 1.95. The number of hydrogen-bond acceptors (Lipinski definition) is 0. The Bertz CT molecular complexity index is 131. The van der Waals surface area contributed by atoms with Crippen LogP contribution in [-0.2, 0) is 0 Å². The van der Waals surface area contributed by atoms with Gasteiger partial charge in [0.05, 0.1) is 0 Å². The van der Waals surface area contributed by atoms with Crippen LogP contribution in [0.3, 0.4) is 0 Å². The Balaban J connectivity index is 2.53. The summed E-state index contributed by atoms with van der Waals surface area (Å²) in [6, 6.07) is 0. The van der Waals surface area contributed by atoms with Gasteiger partial charge in [-0.15, -0.1) is 0 Å². The van der Waals surface area contributed by atoms with Crippen molar-refractivity contribution in [3.63, 3.8) is 0 Å². The van der Waals surface area contributed by atoms with Gasteiger partial charge in [-0.2, -0.15) is 0 Å². The number of hydrogen-bond donors (Lipinski definition) is 0. The van der Waals surface area contributed by atoms with Crippen molar-refractivity contribution in [1.29, 1.82) is 0 Å². The van der Waals surface area contributed by atoms with Crippen molar-refractivity contribution in [1.82, 2.24) is 0 Å². The maximum atomic E-state index is 12.8. The monoisotopic (exact) mass is 146 g/mol. The summed E-state index contributed by atoms with van der Waals surface area (Å²) in [6.45, 7) is 1.92. The first kappa shape index (κ1) is 7.70. The van der Waals surface area contributed by atoms with Gasteiger partial charge in [-0.3, -0.25) is 0 Å². The third kappa shape index (κ3) is 1.55. The topological polar surface area (TPSA) is 0 Å². The molecule has 0 spiro atoms. The number of alkyl halides is 2. The molecule has 58 valence electrons. The highest BCUT2D eigenvalue weighted by molar-refractivity contribution is 5.02. The van der Waals surface area contributed by atoms with Crippen molar-refractivity contribution in [3.8, 4) is 0 Å². The molecule has 0 fully saturated rings. The molecule has 0 aromatic carbocycles. The summed E-state index contributed by atoms with van der Waals surface area (Å²) in [5.74, 6) is -0.0491. The molecule has 1 rings (SSSR count). The molecule has 0 saturated heterocycles. The molecule has 0 aromatic heterocycles. The van der Waals surface area contributed by atoms with Crippen LogP contribution in [0.25, 0.3) is 0 Å². The second kappa shape index (κ2) is 3.13. The Morgan fingerprint density at radius 3 is 2.60 bits per heavy atom. The summed E-state index contributed by atoms with van der Waals surface area (Å²) in [5, 5.41) is 0. The van der Waals surface area contributed by atoms with E-state index in [1.807, 2.05) is 6.92 Å². The summed E-state index contributed by atoms with van der Waals surface area (Å²) in [6.07, 6.45) is 1.91. The van der Waals surface area contributed by atoms with Crippen LogP contribution >= 0.6 is 0 Å². The van der Waals surface area contributed by atoms with Gasteiger partial charge in [0.2, 0.25) is 0 Å². The van der Waals surface area contributed by atoms with E-state index in [9.17, 15) is 8.78 Å². The molecule has 3 atom stereocenters. The molecule has 0 bridgehead atoms. The van der Waals surface area contributed by atoms with E-state index < -0.39 is 12.3 Å². The summed E-state index contributed by atoms with van der Waals surface area (Å²) in [7, 11) is 0. The van der Waals surface area contributed by atoms with Crippen molar-refractivity contribution in [2.45, 2.75) is 32.1 Å². The Labute approximate surface area is 59.9 Å². The average Bonchev–Trinajstić information content (AvgIpc) is 1.88. The van der Waals surface area contributed by atoms with Crippen LogP contribution < -0.4 is 0 Å². The number of halogens is 2. The Morgan fingerprint density at radius 2 is 2.10 bits per heavy atom. The van der Waals surface area contributed by atoms with Gasteiger partial charge in [0.25, 0.3) is 0 Å². The van der Waals surface area contributed by atoms with Crippen LogP contribution in [0.5, 0.6) is 0 Å². The summed E-state index contributed by atoms with van der Waals surface area (Å²) < 4.78 is 25.2. The smallest absolute Gasteiger partial charge is 0.121 e. The molecule has 0 nitrogen and oxygen atoms in total. The molecule has 0 saturated carbocycles. The lowest BCUT2D eigenvalue weighted by Gasteiger charge is -2.21. The molecule has 0 aromatic rings. The molecule has 3 unspecified atom stereocenters. The first-order valence-electron chi connectivity index (χ1n) is 3.70. The van der Waals surface area contributed by atoms with Gasteiger partial charge in [0.15, 0.2) is 0 Å². The molecule has 1 aliphatic rings. The second-order valence-electron chi connectivity index (χ2n) is 2.72. The van der Waals surface area contributed by atoms with Crippen LogP contribution in [0.2, 0.25) is 0 Å². The van der Waals surface area contributed by atoms with Gasteiger partial charge < -0.3 is 0 Å². The van der Waals surface area contributed by atoms with E-state index in [4.69, 9.17) is 0 Å². The fourth-order valence-corrected chi connectivity index (χ4v) is 1.24. The quantitative estimate of drug-likeness (QED) is 0.499. The normalized spacial score (nSPS) is 40.1. The predicted molar refractivity (Wildman–Crippen MR) is 37.3 cm³/mol. The summed E-state index contributed by atoms with van der Waals surface area (Å²) >= 11 is 0. The minimum atomic E-state index is -1.06. The first-order valence-corrected chi connectivity index (χ1v) is 3.70. The zero-order valence-corrected chi connectivity index (χ0v) is 6.06. The SMILES string of the molecule is CCC1C=CC(F)CC1F. The second-order valence-corrected chi connectivity index (χ2v) is 2.72. The molecule has 0 radical (unpaired) electrons. The van der Waals surface area contributed by atoms with E-state index in [0.717, 1.165) is 6.42 Å². The highest BCUT2D eigenvalue weighted by Crippen LogP contribution is 2.25. The van der Waals surface area contributed by atoms with E-state index in [2.05, 4.69) is 0 Å². The first-order chi connectivity index (χ1) is 4.74. The van der Waals surface area contributed by atoms with Crippen molar-refractivity contribution in [2.75, 3.05) is 0 Å². The van der Waals surface area contributed by atoms with Gasteiger partial charge >= 0.3 is 0 Å². The molecule has 0 aliphatic heterocycles. The van der Waals surface area contributed by atoms with E-state index in [-0.39, 0.29) is 12.3 Å². The molecule has 2 heteroatoms. The molecule has 10 heavy (non-hydrogen) atoms. The van der Waals surface area contributed by atoms with Crippen LogP contribution in [0.1, 0.15) is 19.8 Å². The van der Waals surface area contributed by atoms with Crippen molar-refractivity contribution in [3.05, 3.63) is 12.2 Å². The molecular formula is C8H12F2. The van der Waals surface area contributed by atoms with Gasteiger partial charge in [0, 0.05) is 12.3 Å². The number of allylic oxidation sites excluding steroid dienone is 2. The molecule has 0 amide bonds. The Hall–Kier alpha value is -0.400. The fourth-order valence-electron chi connectivity index (χ4n) is 1.24. The van der Waals surface area contributed by atoms with E-state index >= 15 is 0 Å². The minimum Gasteiger partial charge on any atom is -0.247 e. The standard InChI is InChI=1S/C8H12F2/c1-2-6-3-4-7(9)5-8(6)10/h3-4,6-8H,2,5H2,1H3. The summed E-state index contributed by atoms with van der Waals surface area (Å²) in [4.78, 5) is 0. The van der Waals surface area contributed by atoms with E-state index in [1.54, 1.807) is 6.08 Å². The molecule has 0 N–H and O–H groups in total. The van der Waals surface area contributed by atoms with E-state index in [1.165, 1.54) is 6.08 Å². The highest BCUT2D eigenvalue weighted by Gasteiger charge is 2.24. The lowest BCUT2D eigenvalue weighted by atomic mass is 9.91.